The Morgan fingerprint density at radius 2 is 1.67 bits per heavy atom. The molecule has 0 aromatic heterocycles. The van der Waals surface area contributed by atoms with E-state index in [1.165, 1.54) is 6.21 Å². The van der Waals surface area contributed by atoms with Crippen LogP contribution < -0.4 is 4.74 Å². The van der Waals surface area contributed by atoms with E-state index in [1.807, 2.05) is 31.2 Å². The summed E-state index contributed by atoms with van der Waals surface area (Å²) in [6, 6.07) is 14.1. The zero-order valence-corrected chi connectivity index (χ0v) is 12.8. The minimum atomic E-state index is -3.62. The van der Waals surface area contributed by atoms with E-state index in [4.69, 9.17) is 4.74 Å². The van der Waals surface area contributed by atoms with Gasteiger partial charge in [-0.15, -0.1) is 0 Å². The molecule has 0 saturated carbocycles. The van der Waals surface area contributed by atoms with Crippen molar-refractivity contribution in [2.75, 3.05) is 7.11 Å². The molecule has 4 nitrogen and oxygen atoms in total. The summed E-state index contributed by atoms with van der Waals surface area (Å²) in [5, 5.41) is 0. The second kappa shape index (κ2) is 6.54. The van der Waals surface area contributed by atoms with E-state index in [0.29, 0.717) is 6.42 Å². The molecule has 110 valence electrons. The maximum Gasteiger partial charge on any atom is 0.281 e. The second-order valence-corrected chi connectivity index (χ2v) is 6.26. The predicted molar refractivity (Wildman–Crippen MR) is 83.6 cm³/mol. The van der Waals surface area contributed by atoms with Crippen molar-refractivity contribution >= 4 is 16.2 Å². The molecule has 0 aliphatic heterocycles. The van der Waals surface area contributed by atoms with Crippen molar-refractivity contribution in [3.05, 3.63) is 59.7 Å². The van der Waals surface area contributed by atoms with Gasteiger partial charge in [-0.3, -0.25) is 0 Å². The average molecular weight is 303 g/mol. The first kappa shape index (κ1) is 15.3. The first-order chi connectivity index (χ1) is 10.0. The summed E-state index contributed by atoms with van der Waals surface area (Å²) in [6.07, 6.45) is 1.87. The Hall–Kier alpha value is -2.14. The molecule has 0 aliphatic rings. The molecule has 0 bridgehead atoms. The molecule has 2 aromatic carbocycles. The van der Waals surface area contributed by atoms with E-state index >= 15 is 0 Å². The fraction of sp³-hybridized carbons (Fsp3) is 0.188. The number of rotatable bonds is 5. The van der Waals surface area contributed by atoms with Crippen molar-refractivity contribution in [2.45, 2.75) is 18.2 Å². The van der Waals surface area contributed by atoms with Crippen LogP contribution in [0.3, 0.4) is 0 Å². The highest BCUT2D eigenvalue weighted by atomic mass is 32.2. The van der Waals surface area contributed by atoms with Crippen LogP contribution in [0.4, 0.5) is 0 Å². The smallest absolute Gasteiger partial charge is 0.281 e. The van der Waals surface area contributed by atoms with Crippen molar-refractivity contribution in [1.82, 2.24) is 0 Å². The minimum absolute atomic E-state index is 0.207. The lowest BCUT2D eigenvalue weighted by atomic mass is 10.2. The lowest BCUT2D eigenvalue weighted by molar-refractivity contribution is 0.414. The maximum absolute atomic E-state index is 12.0. The Morgan fingerprint density at radius 3 is 2.24 bits per heavy atom. The van der Waals surface area contributed by atoms with Gasteiger partial charge < -0.3 is 4.74 Å². The number of ether oxygens (including phenoxy) is 1. The maximum atomic E-state index is 12.0. The highest BCUT2D eigenvalue weighted by Crippen LogP contribution is 2.14. The van der Waals surface area contributed by atoms with Crippen molar-refractivity contribution in [1.29, 1.82) is 0 Å². The summed E-state index contributed by atoms with van der Waals surface area (Å²) in [4.78, 5) is 0.207. The summed E-state index contributed by atoms with van der Waals surface area (Å²) in [6.45, 7) is 1.91. The molecule has 0 N–H and O–H groups in total. The SMILES string of the molecule is COc1ccc(C/C=N/S(=O)(=O)c2ccc(C)cc2)cc1. The van der Waals surface area contributed by atoms with Gasteiger partial charge >= 0.3 is 0 Å². The molecule has 0 spiro atoms. The number of nitrogens with zero attached hydrogens (tertiary/aromatic N) is 1. The molecular formula is C16H17NO3S. The van der Waals surface area contributed by atoms with Gasteiger partial charge in [-0.25, -0.2) is 0 Å². The van der Waals surface area contributed by atoms with Gasteiger partial charge in [-0.2, -0.15) is 12.8 Å². The van der Waals surface area contributed by atoms with Crippen molar-refractivity contribution in [2.24, 2.45) is 4.40 Å². The van der Waals surface area contributed by atoms with Crippen LogP contribution in [0.1, 0.15) is 11.1 Å². The van der Waals surface area contributed by atoms with Gasteiger partial charge in [0.1, 0.15) is 5.75 Å². The van der Waals surface area contributed by atoms with Crippen LogP contribution in [0.15, 0.2) is 57.8 Å². The normalized spacial score (nSPS) is 11.7. The number of aryl methyl sites for hydroxylation is 1. The molecule has 0 fully saturated rings. The van der Waals surface area contributed by atoms with E-state index in [0.717, 1.165) is 16.9 Å². The molecule has 0 amide bonds. The Bertz CT molecular complexity index is 717. The van der Waals surface area contributed by atoms with Gasteiger partial charge in [-0.05, 0) is 36.8 Å². The van der Waals surface area contributed by atoms with Crippen LogP contribution >= 0.6 is 0 Å². The third-order valence-corrected chi connectivity index (χ3v) is 4.31. The Balaban J connectivity index is 2.07. The number of hydrogen-bond donors (Lipinski definition) is 0. The molecule has 2 aromatic rings. The zero-order chi connectivity index (χ0) is 15.3. The summed E-state index contributed by atoms with van der Waals surface area (Å²) in [5.74, 6) is 0.767. The quantitative estimate of drug-likeness (QED) is 0.798. The molecule has 0 unspecified atom stereocenters. The van der Waals surface area contributed by atoms with Crippen LogP contribution in [0.2, 0.25) is 0 Å². The summed E-state index contributed by atoms with van der Waals surface area (Å²) in [5.41, 5.74) is 1.98. The first-order valence-electron chi connectivity index (χ1n) is 6.50. The third kappa shape index (κ3) is 4.16. The van der Waals surface area contributed by atoms with Crippen LogP contribution in [0.5, 0.6) is 5.75 Å². The Labute approximate surface area is 125 Å². The van der Waals surface area contributed by atoms with Crippen LogP contribution in [0, 0.1) is 6.92 Å². The average Bonchev–Trinajstić information content (AvgIpc) is 2.48. The molecular weight excluding hydrogens is 286 g/mol. The lowest BCUT2D eigenvalue weighted by Gasteiger charge is -2.01. The number of benzene rings is 2. The van der Waals surface area contributed by atoms with E-state index in [2.05, 4.69) is 4.40 Å². The fourth-order valence-electron chi connectivity index (χ4n) is 1.77. The van der Waals surface area contributed by atoms with Gasteiger partial charge in [0.25, 0.3) is 10.0 Å². The number of sulfonamides is 1. The lowest BCUT2D eigenvalue weighted by Crippen LogP contribution is -1.98. The zero-order valence-electron chi connectivity index (χ0n) is 12.0. The van der Waals surface area contributed by atoms with Gasteiger partial charge in [0.05, 0.1) is 12.0 Å². The highest BCUT2D eigenvalue weighted by Gasteiger charge is 2.10. The predicted octanol–water partition coefficient (Wildman–Crippen LogP) is 3.01. The molecule has 5 heteroatoms. The van der Waals surface area contributed by atoms with Crippen LogP contribution in [-0.4, -0.2) is 21.7 Å². The third-order valence-electron chi connectivity index (χ3n) is 3.02. The molecule has 0 atom stereocenters. The highest BCUT2D eigenvalue weighted by molar-refractivity contribution is 7.90. The summed E-state index contributed by atoms with van der Waals surface area (Å²) >= 11 is 0. The van der Waals surface area contributed by atoms with Crippen molar-refractivity contribution in [3.63, 3.8) is 0 Å². The molecule has 0 radical (unpaired) electrons. The van der Waals surface area contributed by atoms with Gasteiger partial charge in [-0.1, -0.05) is 29.8 Å². The molecule has 2 rings (SSSR count). The monoisotopic (exact) mass is 303 g/mol. The largest absolute Gasteiger partial charge is 0.497 e. The van der Waals surface area contributed by atoms with Crippen LogP contribution in [0.25, 0.3) is 0 Å². The summed E-state index contributed by atoms with van der Waals surface area (Å²) < 4.78 is 32.8. The first-order valence-corrected chi connectivity index (χ1v) is 7.94. The Kier molecular flexibility index (Phi) is 4.75. The van der Waals surface area contributed by atoms with E-state index in [9.17, 15) is 8.42 Å². The molecule has 21 heavy (non-hydrogen) atoms. The van der Waals surface area contributed by atoms with Gasteiger partial charge in [0.2, 0.25) is 0 Å². The molecule has 0 heterocycles. The standard InChI is InChI=1S/C16H17NO3S/c1-13-3-9-16(10-4-13)21(18,19)17-12-11-14-5-7-15(20-2)8-6-14/h3-10,12H,11H2,1-2H3/b17-12+. The van der Waals surface area contributed by atoms with Crippen molar-refractivity contribution < 1.29 is 13.2 Å². The van der Waals surface area contributed by atoms with Crippen molar-refractivity contribution in [3.8, 4) is 5.75 Å². The number of hydrogen-bond acceptors (Lipinski definition) is 3. The number of methoxy groups -OCH3 is 1. The fourth-order valence-corrected chi connectivity index (χ4v) is 2.65. The Morgan fingerprint density at radius 1 is 1.05 bits per heavy atom. The summed E-state index contributed by atoms with van der Waals surface area (Å²) in [7, 11) is -2.01. The van der Waals surface area contributed by atoms with Gasteiger partial charge in [0, 0.05) is 12.6 Å². The van der Waals surface area contributed by atoms with Crippen LogP contribution in [-0.2, 0) is 16.4 Å². The molecule has 0 saturated heterocycles. The van der Waals surface area contributed by atoms with E-state index in [-0.39, 0.29) is 4.90 Å². The second-order valence-electron chi connectivity index (χ2n) is 4.63. The minimum Gasteiger partial charge on any atom is -0.497 e. The van der Waals surface area contributed by atoms with E-state index in [1.54, 1.807) is 31.4 Å². The molecule has 0 aliphatic carbocycles. The topological polar surface area (TPSA) is 55.7 Å². The van der Waals surface area contributed by atoms with E-state index < -0.39 is 10.0 Å². The van der Waals surface area contributed by atoms with Gasteiger partial charge in [0.15, 0.2) is 0 Å².